The van der Waals surface area contributed by atoms with E-state index >= 15 is 0 Å². The van der Waals surface area contributed by atoms with Crippen molar-refractivity contribution in [1.82, 2.24) is 5.32 Å². The molecule has 2 N–H and O–H groups in total. The van der Waals surface area contributed by atoms with Crippen molar-refractivity contribution in [2.75, 3.05) is 40.9 Å². The fourth-order valence-corrected chi connectivity index (χ4v) is 9.89. The monoisotopic (exact) mass is 1120 g/mol. The lowest BCUT2D eigenvalue weighted by Gasteiger charge is -2.29. The van der Waals surface area contributed by atoms with Crippen LogP contribution in [0.1, 0.15) is 277 Å². The Hall–Kier alpha value is -2.84. The molecule has 0 bridgehead atoms. The van der Waals surface area contributed by atoms with E-state index in [1.54, 1.807) is 6.08 Å². The zero-order valence-electron chi connectivity index (χ0n) is 52.0. The van der Waals surface area contributed by atoms with E-state index in [1.807, 2.05) is 27.2 Å². The molecular formula is C70H125N2O6P. The molecule has 9 heteroatoms. The Morgan fingerprint density at radius 3 is 1.13 bits per heavy atom. The number of phosphoric ester groups is 1. The number of aliphatic hydroxyl groups excluding tert-OH is 1. The Morgan fingerprint density at radius 2 is 0.772 bits per heavy atom. The molecule has 3 unspecified atom stereocenters. The van der Waals surface area contributed by atoms with Gasteiger partial charge in [-0.2, -0.15) is 0 Å². The number of allylic oxidation sites excluding steroid dienone is 17. The number of rotatable bonds is 59. The summed E-state index contributed by atoms with van der Waals surface area (Å²) in [5.74, 6) is -0.241. The van der Waals surface area contributed by atoms with Gasteiger partial charge in [0.25, 0.3) is 7.82 Å². The number of carbonyl (C=O) groups excluding carboxylic acids is 1. The smallest absolute Gasteiger partial charge is 0.268 e. The molecule has 456 valence electrons. The van der Waals surface area contributed by atoms with Crippen molar-refractivity contribution < 1.29 is 32.9 Å². The molecule has 0 rings (SSSR count). The average molecular weight is 1120 g/mol. The van der Waals surface area contributed by atoms with Crippen LogP contribution in [-0.2, 0) is 18.4 Å². The zero-order chi connectivity index (χ0) is 57.7. The topological polar surface area (TPSA) is 108 Å². The van der Waals surface area contributed by atoms with Crippen LogP contribution in [-0.4, -0.2) is 68.5 Å². The van der Waals surface area contributed by atoms with E-state index in [2.05, 4.69) is 116 Å². The van der Waals surface area contributed by atoms with Crippen LogP contribution in [0.15, 0.2) is 109 Å². The first-order valence-electron chi connectivity index (χ1n) is 32.7. The van der Waals surface area contributed by atoms with Crippen molar-refractivity contribution in [3.05, 3.63) is 109 Å². The molecule has 0 radical (unpaired) electrons. The second-order valence-corrected chi connectivity index (χ2v) is 24.5. The summed E-state index contributed by atoms with van der Waals surface area (Å²) in [6, 6.07) is -0.920. The number of quaternary nitrogens is 1. The lowest BCUT2D eigenvalue weighted by Crippen LogP contribution is -2.45. The SMILES string of the molecule is CC/C=C\C/C=C\C/C=C\C/C=C\C/C=C\C/C=C\C/C=C\C/C=C\CCCCC(=O)NC(COP(=O)([O-])OCC[N+](C)(C)C)C(O)/C=C/CCCCCCCCCCCCCCCCCCCCCCCCCCCCCC. The fraction of sp³-hybridized carbons (Fsp3) is 0.729. The summed E-state index contributed by atoms with van der Waals surface area (Å²) < 4.78 is 23.4. The minimum atomic E-state index is -4.62. The summed E-state index contributed by atoms with van der Waals surface area (Å²) in [6.45, 7) is 4.52. The number of aliphatic hydroxyl groups is 1. The molecule has 0 heterocycles. The van der Waals surface area contributed by atoms with Gasteiger partial charge in [0.15, 0.2) is 0 Å². The molecular weight excluding hydrogens is 996 g/mol. The highest BCUT2D eigenvalue weighted by molar-refractivity contribution is 7.45. The highest BCUT2D eigenvalue weighted by atomic mass is 31.2. The Bertz CT molecular complexity index is 1650. The molecule has 0 aliphatic heterocycles. The number of phosphoric acid groups is 1. The molecule has 1 amide bonds. The number of amides is 1. The molecule has 0 saturated carbocycles. The second-order valence-electron chi connectivity index (χ2n) is 23.1. The van der Waals surface area contributed by atoms with E-state index in [0.717, 1.165) is 83.5 Å². The lowest BCUT2D eigenvalue weighted by molar-refractivity contribution is -0.870. The average Bonchev–Trinajstić information content (AvgIpc) is 3.42. The summed E-state index contributed by atoms with van der Waals surface area (Å²) in [7, 11) is 1.22. The van der Waals surface area contributed by atoms with Crippen LogP contribution in [0.5, 0.6) is 0 Å². The van der Waals surface area contributed by atoms with E-state index in [1.165, 1.54) is 167 Å². The van der Waals surface area contributed by atoms with Gasteiger partial charge in [-0.15, -0.1) is 0 Å². The number of nitrogens with one attached hydrogen (secondary N) is 1. The first-order chi connectivity index (χ1) is 38.5. The molecule has 0 aliphatic rings. The molecule has 0 saturated heterocycles. The van der Waals surface area contributed by atoms with Crippen LogP contribution in [0.2, 0.25) is 0 Å². The van der Waals surface area contributed by atoms with Crippen LogP contribution in [0, 0.1) is 0 Å². The highest BCUT2D eigenvalue weighted by Gasteiger charge is 2.23. The minimum absolute atomic E-state index is 0.0154. The van der Waals surface area contributed by atoms with Gasteiger partial charge in [0.2, 0.25) is 5.91 Å². The van der Waals surface area contributed by atoms with Crippen LogP contribution < -0.4 is 10.2 Å². The van der Waals surface area contributed by atoms with E-state index in [4.69, 9.17) is 9.05 Å². The van der Waals surface area contributed by atoms with E-state index in [9.17, 15) is 19.4 Å². The van der Waals surface area contributed by atoms with Crippen LogP contribution in [0.3, 0.4) is 0 Å². The van der Waals surface area contributed by atoms with Crippen molar-refractivity contribution in [3.8, 4) is 0 Å². The Balaban J connectivity index is 4.23. The van der Waals surface area contributed by atoms with E-state index in [-0.39, 0.29) is 18.9 Å². The highest BCUT2D eigenvalue weighted by Crippen LogP contribution is 2.38. The molecule has 0 aromatic carbocycles. The molecule has 0 fully saturated rings. The van der Waals surface area contributed by atoms with Gasteiger partial charge in [0.1, 0.15) is 13.2 Å². The van der Waals surface area contributed by atoms with Crippen molar-refractivity contribution in [2.24, 2.45) is 0 Å². The Labute approximate surface area is 489 Å². The third kappa shape index (κ3) is 62.6. The van der Waals surface area contributed by atoms with Gasteiger partial charge < -0.3 is 28.8 Å². The quantitative estimate of drug-likeness (QED) is 0.0272. The molecule has 0 spiro atoms. The van der Waals surface area contributed by atoms with Crippen molar-refractivity contribution >= 4 is 13.7 Å². The molecule has 0 aliphatic carbocycles. The lowest BCUT2D eigenvalue weighted by atomic mass is 10.0. The van der Waals surface area contributed by atoms with Gasteiger partial charge in [-0.25, -0.2) is 0 Å². The number of unbranched alkanes of at least 4 members (excludes halogenated alkanes) is 30. The van der Waals surface area contributed by atoms with Gasteiger partial charge >= 0.3 is 0 Å². The fourth-order valence-electron chi connectivity index (χ4n) is 9.17. The van der Waals surface area contributed by atoms with Gasteiger partial charge in [-0.3, -0.25) is 9.36 Å². The maximum absolute atomic E-state index is 13.0. The number of likely N-dealkylation sites (N-methyl/N-ethyl adjacent to an activating group) is 1. The van der Waals surface area contributed by atoms with E-state index in [0.29, 0.717) is 17.4 Å². The first kappa shape index (κ1) is 76.2. The number of carbonyl (C=O) groups is 1. The first-order valence-corrected chi connectivity index (χ1v) is 34.2. The number of nitrogens with zero attached hydrogens (tertiary/aromatic N) is 1. The maximum Gasteiger partial charge on any atom is 0.268 e. The van der Waals surface area contributed by atoms with E-state index < -0.39 is 26.6 Å². The largest absolute Gasteiger partial charge is 0.756 e. The molecule has 0 aromatic rings. The number of hydrogen-bond donors (Lipinski definition) is 2. The third-order valence-electron chi connectivity index (χ3n) is 14.2. The normalized spacial score (nSPS) is 14.5. The predicted molar refractivity (Wildman–Crippen MR) is 343 cm³/mol. The summed E-state index contributed by atoms with van der Waals surface area (Å²) in [4.78, 5) is 25.6. The Kier molecular flexibility index (Phi) is 57.6. The molecule has 79 heavy (non-hydrogen) atoms. The predicted octanol–water partition coefficient (Wildman–Crippen LogP) is 20.1. The maximum atomic E-state index is 13.0. The van der Waals surface area contributed by atoms with Crippen molar-refractivity contribution in [2.45, 2.75) is 289 Å². The summed E-state index contributed by atoms with van der Waals surface area (Å²) >= 11 is 0. The third-order valence-corrected chi connectivity index (χ3v) is 15.2. The van der Waals surface area contributed by atoms with Gasteiger partial charge in [0, 0.05) is 6.42 Å². The molecule has 3 atom stereocenters. The van der Waals surface area contributed by atoms with Gasteiger partial charge in [0.05, 0.1) is 39.9 Å². The Morgan fingerprint density at radius 1 is 0.456 bits per heavy atom. The summed E-state index contributed by atoms with van der Waals surface area (Å²) in [6.07, 6.45) is 87.7. The second kappa shape index (κ2) is 59.8. The molecule has 8 nitrogen and oxygen atoms in total. The van der Waals surface area contributed by atoms with Crippen molar-refractivity contribution in [1.29, 1.82) is 0 Å². The van der Waals surface area contributed by atoms with Crippen LogP contribution in [0.4, 0.5) is 0 Å². The van der Waals surface area contributed by atoms with Crippen LogP contribution in [0.25, 0.3) is 0 Å². The standard InChI is InChI=1S/C70H125N2O6P/c1-6-8-10-12-14-16-18-20-22-24-26-28-30-32-34-35-36-38-39-41-43-45-47-49-51-53-55-57-59-61-63-69(73)68(67-78-79(75,76)77-66-65-72(3,4)5)71-70(74)64-62-60-58-56-54-52-50-48-46-44-42-40-37-33-31-29-27-25-23-21-19-17-15-13-11-9-7-2/h9,11,15,17,21,23,27,29,33,37,42,44,48,50,54,56,61,63,68-69,73H,6-8,10,12-14,16,18-20,22,24-26,28,30-32,34-36,38-41,43,45-47,49,51-53,55,57-60,62,64-67H2,1-5H3,(H-,71,74,75,76)/b11-9-,17-15-,23-21-,29-27-,37-33-,44-42-,50-48-,56-54-,63-61+. The van der Waals surface area contributed by atoms with Gasteiger partial charge in [-0.05, 0) is 83.5 Å². The van der Waals surface area contributed by atoms with Crippen molar-refractivity contribution in [3.63, 3.8) is 0 Å². The zero-order valence-corrected chi connectivity index (χ0v) is 52.9. The summed E-state index contributed by atoms with van der Waals surface area (Å²) in [5.41, 5.74) is 0. The molecule has 0 aromatic heterocycles. The number of hydrogen-bond acceptors (Lipinski definition) is 6. The minimum Gasteiger partial charge on any atom is -0.756 e. The van der Waals surface area contributed by atoms with Gasteiger partial charge in [-0.1, -0.05) is 297 Å². The van der Waals surface area contributed by atoms with Crippen LogP contribution >= 0.6 is 7.82 Å². The summed E-state index contributed by atoms with van der Waals surface area (Å²) in [5, 5.41) is 13.9.